The van der Waals surface area contributed by atoms with Gasteiger partial charge in [0, 0.05) is 38.8 Å². The minimum Gasteiger partial charge on any atom is -0.329 e. The molecule has 0 aromatic heterocycles. The molecule has 106 valence electrons. The first-order chi connectivity index (χ1) is 9.20. The molecule has 1 aliphatic rings. The number of benzene rings is 1. The summed E-state index contributed by atoms with van der Waals surface area (Å²) in [7, 11) is 0. The van der Waals surface area contributed by atoms with Crippen LogP contribution in [0.25, 0.3) is 0 Å². The van der Waals surface area contributed by atoms with E-state index in [-0.39, 0.29) is 5.82 Å². The van der Waals surface area contributed by atoms with Crippen molar-refractivity contribution in [1.82, 2.24) is 9.80 Å². The van der Waals surface area contributed by atoms with Crippen LogP contribution in [0.3, 0.4) is 0 Å². The highest BCUT2D eigenvalue weighted by Crippen LogP contribution is 2.21. The summed E-state index contributed by atoms with van der Waals surface area (Å²) in [6.07, 6.45) is 1.17. The summed E-state index contributed by atoms with van der Waals surface area (Å²) in [6, 6.07) is 7.22. The van der Waals surface area contributed by atoms with Gasteiger partial charge in [-0.05, 0) is 37.6 Å². The zero-order valence-corrected chi connectivity index (χ0v) is 11.7. The Labute approximate surface area is 115 Å². The highest BCUT2D eigenvalue weighted by atomic mass is 19.1. The minimum atomic E-state index is -0.166. The van der Waals surface area contributed by atoms with Crippen molar-refractivity contribution in [3.05, 3.63) is 35.6 Å². The second kappa shape index (κ2) is 6.98. The van der Waals surface area contributed by atoms with Gasteiger partial charge in [-0.25, -0.2) is 4.39 Å². The van der Waals surface area contributed by atoms with Crippen molar-refractivity contribution in [3.63, 3.8) is 0 Å². The van der Waals surface area contributed by atoms with Crippen molar-refractivity contribution >= 4 is 0 Å². The largest absolute Gasteiger partial charge is 0.329 e. The van der Waals surface area contributed by atoms with Gasteiger partial charge < -0.3 is 10.6 Å². The van der Waals surface area contributed by atoms with Crippen LogP contribution in [0.15, 0.2) is 24.3 Å². The maximum absolute atomic E-state index is 13.0. The average Bonchev–Trinajstić information content (AvgIpc) is 2.65. The lowest BCUT2D eigenvalue weighted by molar-refractivity contribution is 0.211. The van der Waals surface area contributed by atoms with Gasteiger partial charge in [-0.3, -0.25) is 4.90 Å². The Morgan fingerprint density at radius 1 is 1.16 bits per heavy atom. The van der Waals surface area contributed by atoms with Crippen molar-refractivity contribution in [2.24, 2.45) is 5.73 Å². The van der Waals surface area contributed by atoms with E-state index in [0.717, 1.165) is 39.3 Å². The first-order valence-corrected chi connectivity index (χ1v) is 7.12. The molecule has 2 N–H and O–H groups in total. The summed E-state index contributed by atoms with van der Waals surface area (Å²) in [6.45, 7) is 8.27. The molecule has 1 aromatic carbocycles. The predicted molar refractivity (Wildman–Crippen MR) is 76.5 cm³/mol. The van der Waals surface area contributed by atoms with Crippen LogP contribution >= 0.6 is 0 Å². The first kappa shape index (κ1) is 14.4. The van der Waals surface area contributed by atoms with Crippen LogP contribution in [0, 0.1) is 5.82 Å². The van der Waals surface area contributed by atoms with E-state index in [1.54, 1.807) is 12.1 Å². The monoisotopic (exact) mass is 265 g/mol. The van der Waals surface area contributed by atoms with E-state index in [1.807, 2.05) is 12.1 Å². The van der Waals surface area contributed by atoms with Crippen LogP contribution < -0.4 is 5.73 Å². The van der Waals surface area contributed by atoms with Crippen LogP contribution in [-0.2, 0) is 0 Å². The van der Waals surface area contributed by atoms with Crippen molar-refractivity contribution in [2.45, 2.75) is 19.4 Å². The number of hydrogen-bond donors (Lipinski definition) is 1. The predicted octanol–water partition coefficient (Wildman–Crippen LogP) is 1.85. The summed E-state index contributed by atoms with van der Waals surface area (Å²) in [4.78, 5) is 4.90. The number of nitrogens with two attached hydrogens (primary N) is 1. The van der Waals surface area contributed by atoms with Gasteiger partial charge in [-0.1, -0.05) is 12.1 Å². The van der Waals surface area contributed by atoms with Crippen LogP contribution in [-0.4, -0.2) is 49.1 Å². The molecule has 0 radical (unpaired) electrons. The summed E-state index contributed by atoms with van der Waals surface area (Å²) >= 11 is 0. The number of hydrogen-bond acceptors (Lipinski definition) is 3. The summed E-state index contributed by atoms with van der Waals surface area (Å²) in [5, 5.41) is 0. The second-order valence-corrected chi connectivity index (χ2v) is 5.25. The molecule has 4 heteroatoms. The fourth-order valence-corrected chi connectivity index (χ4v) is 2.74. The second-order valence-electron chi connectivity index (χ2n) is 5.25. The van der Waals surface area contributed by atoms with Gasteiger partial charge in [-0.2, -0.15) is 0 Å². The van der Waals surface area contributed by atoms with Gasteiger partial charge in [0.2, 0.25) is 0 Å². The highest BCUT2D eigenvalue weighted by molar-refractivity contribution is 5.19. The summed E-state index contributed by atoms with van der Waals surface area (Å²) in [5.74, 6) is -0.166. The molecule has 0 saturated carbocycles. The van der Waals surface area contributed by atoms with E-state index in [4.69, 9.17) is 5.73 Å². The van der Waals surface area contributed by atoms with Crippen molar-refractivity contribution < 1.29 is 4.39 Å². The standard InChI is InChI=1S/C15H24FN3/c1-13(14-3-5-15(16)6-4-14)19-9-2-8-18(10-7-17)11-12-19/h3-6,13H,2,7-12,17H2,1H3. The Morgan fingerprint density at radius 2 is 1.89 bits per heavy atom. The molecule has 1 heterocycles. The lowest BCUT2D eigenvalue weighted by Gasteiger charge is -2.28. The molecule has 1 atom stereocenters. The molecular formula is C15H24FN3. The number of halogens is 1. The number of nitrogens with zero attached hydrogens (tertiary/aromatic N) is 2. The Balaban J connectivity index is 1.95. The van der Waals surface area contributed by atoms with Crippen molar-refractivity contribution in [3.8, 4) is 0 Å². The van der Waals surface area contributed by atoms with Crippen molar-refractivity contribution in [2.75, 3.05) is 39.3 Å². The fraction of sp³-hybridized carbons (Fsp3) is 0.600. The molecule has 1 aliphatic heterocycles. The Bertz CT molecular complexity index is 379. The molecule has 1 fully saturated rings. The molecule has 0 spiro atoms. The van der Waals surface area contributed by atoms with E-state index in [2.05, 4.69) is 16.7 Å². The van der Waals surface area contributed by atoms with E-state index in [1.165, 1.54) is 12.0 Å². The lowest BCUT2D eigenvalue weighted by Crippen LogP contribution is -2.34. The highest BCUT2D eigenvalue weighted by Gasteiger charge is 2.19. The number of rotatable bonds is 4. The molecule has 0 amide bonds. The van der Waals surface area contributed by atoms with Gasteiger partial charge >= 0.3 is 0 Å². The Morgan fingerprint density at radius 3 is 2.58 bits per heavy atom. The third kappa shape index (κ3) is 4.00. The van der Waals surface area contributed by atoms with Gasteiger partial charge in [-0.15, -0.1) is 0 Å². The SMILES string of the molecule is CC(c1ccc(F)cc1)N1CCCN(CCN)CC1. The van der Waals surface area contributed by atoms with Crippen LogP contribution in [0.1, 0.15) is 24.9 Å². The molecule has 3 nitrogen and oxygen atoms in total. The van der Waals surface area contributed by atoms with Gasteiger partial charge in [0.25, 0.3) is 0 Å². The van der Waals surface area contributed by atoms with Crippen LogP contribution in [0.4, 0.5) is 4.39 Å². The van der Waals surface area contributed by atoms with E-state index < -0.39 is 0 Å². The lowest BCUT2D eigenvalue weighted by atomic mass is 10.1. The van der Waals surface area contributed by atoms with Crippen LogP contribution in [0.5, 0.6) is 0 Å². The molecule has 1 unspecified atom stereocenters. The summed E-state index contributed by atoms with van der Waals surface area (Å²) in [5.41, 5.74) is 6.81. The molecular weight excluding hydrogens is 241 g/mol. The average molecular weight is 265 g/mol. The summed E-state index contributed by atoms with van der Waals surface area (Å²) < 4.78 is 13.0. The normalized spacial score (nSPS) is 20.2. The maximum Gasteiger partial charge on any atom is 0.123 e. The van der Waals surface area contributed by atoms with E-state index in [0.29, 0.717) is 6.04 Å². The van der Waals surface area contributed by atoms with E-state index >= 15 is 0 Å². The van der Waals surface area contributed by atoms with Crippen LogP contribution in [0.2, 0.25) is 0 Å². The Kier molecular flexibility index (Phi) is 5.31. The van der Waals surface area contributed by atoms with E-state index in [9.17, 15) is 4.39 Å². The topological polar surface area (TPSA) is 32.5 Å². The molecule has 1 saturated heterocycles. The Hall–Kier alpha value is -0.970. The fourth-order valence-electron chi connectivity index (χ4n) is 2.74. The minimum absolute atomic E-state index is 0.166. The third-order valence-electron chi connectivity index (χ3n) is 3.97. The van der Waals surface area contributed by atoms with Gasteiger partial charge in [0.1, 0.15) is 5.82 Å². The van der Waals surface area contributed by atoms with Gasteiger partial charge in [0.05, 0.1) is 0 Å². The molecule has 2 rings (SSSR count). The van der Waals surface area contributed by atoms with Gasteiger partial charge in [0.15, 0.2) is 0 Å². The third-order valence-corrected chi connectivity index (χ3v) is 3.97. The zero-order valence-electron chi connectivity index (χ0n) is 11.7. The molecule has 1 aromatic rings. The quantitative estimate of drug-likeness (QED) is 0.902. The maximum atomic E-state index is 13.0. The molecule has 0 bridgehead atoms. The zero-order chi connectivity index (χ0) is 13.7. The molecule has 0 aliphatic carbocycles. The smallest absolute Gasteiger partial charge is 0.123 e. The van der Waals surface area contributed by atoms with Crippen molar-refractivity contribution in [1.29, 1.82) is 0 Å². The molecule has 19 heavy (non-hydrogen) atoms. The first-order valence-electron chi connectivity index (χ1n) is 7.12.